The molecule has 0 aliphatic carbocycles. The van der Waals surface area contributed by atoms with E-state index in [2.05, 4.69) is 28.3 Å². The van der Waals surface area contributed by atoms with Gasteiger partial charge in [-0.05, 0) is 38.3 Å². The fraction of sp³-hybridized carbons (Fsp3) is 0.353. The predicted molar refractivity (Wildman–Crippen MR) is 99.2 cm³/mol. The fourth-order valence-electron chi connectivity index (χ4n) is 2.39. The van der Waals surface area contributed by atoms with E-state index in [4.69, 9.17) is 9.26 Å². The van der Waals surface area contributed by atoms with Crippen LogP contribution in [-0.2, 0) is 11.3 Å². The van der Waals surface area contributed by atoms with Crippen LogP contribution in [0.25, 0.3) is 10.2 Å². The van der Waals surface area contributed by atoms with Crippen molar-refractivity contribution in [3.8, 4) is 0 Å². The highest BCUT2D eigenvalue weighted by Gasteiger charge is 2.12. The molecule has 8 heteroatoms. The molecule has 0 atom stereocenters. The average Bonchev–Trinajstić information content (AvgIpc) is 3.18. The van der Waals surface area contributed by atoms with Crippen LogP contribution >= 0.6 is 23.1 Å². The molecule has 0 spiro atoms. The Morgan fingerprint density at radius 3 is 2.96 bits per heavy atom. The van der Waals surface area contributed by atoms with Gasteiger partial charge < -0.3 is 13.8 Å². The molecule has 0 aliphatic rings. The Hall–Kier alpha value is -1.90. The first-order valence-electron chi connectivity index (χ1n) is 7.90. The summed E-state index contributed by atoms with van der Waals surface area (Å²) >= 11 is 3.18. The molecule has 0 radical (unpaired) electrons. The first kappa shape index (κ1) is 17.9. The van der Waals surface area contributed by atoms with Crippen LogP contribution in [0.1, 0.15) is 23.2 Å². The Labute approximate surface area is 153 Å². The van der Waals surface area contributed by atoms with Crippen LogP contribution in [0.3, 0.4) is 0 Å². The maximum absolute atomic E-state index is 12.4. The number of thioether (sulfide) groups is 1. The van der Waals surface area contributed by atoms with Crippen LogP contribution in [0.5, 0.6) is 0 Å². The first-order chi connectivity index (χ1) is 12.1. The highest BCUT2D eigenvalue weighted by atomic mass is 32.2. The third kappa shape index (κ3) is 4.02. The Bertz CT molecular complexity index is 956. The van der Waals surface area contributed by atoms with Gasteiger partial charge in [-0.15, -0.1) is 11.8 Å². The minimum Gasteiger partial charge on any atom is -0.380 e. The number of thiazole rings is 1. The standard InChI is InChI=1S/C17H19N3O3S2/c1-4-22-8-7-20-14-6-5-12(24-3)10-15(14)25-17(20)18-16(21)13-9-11(2)23-19-13/h5-6,9-10H,4,7-8H2,1-3H3. The summed E-state index contributed by atoms with van der Waals surface area (Å²) < 4.78 is 13.5. The molecule has 0 saturated carbocycles. The van der Waals surface area contributed by atoms with Gasteiger partial charge in [-0.3, -0.25) is 4.79 Å². The number of rotatable bonds is 6. The van der Waals surface area contributed by atoms with Gasteiger partial charge in [-0.25, -0.2) is 0 Å². The second kappa shape index (κ2) is 7.99. The van der Waals surface area contributed by atoms with Crippen molar-refractivity contribution in [2.24, 2.45) is 4.99 Å². The molecule has 0 saturated heterocycles. The van der Waals surface area contributed by atoms with Crippen molar-refractivity contribution >= 4 is 39.2 Å². The van der Waals surface area contributed by atoms with E-state index in [1.807, 2.05) is 17.7 Å². The van der Waals surface area contributed by atoms with E-state index in [9.17, 15) is 4.79 Å². The summed E-state index contributed by atoms with van der Waals surface area (Å²) in [7, 11) is 0. The normalized spacial score (nSPS) is 12.2. The number of carbonyl (C=O) groups excluding carboxylic acids is 1. The highest BCUT2D eigenvalue weighted by Crippen LogP contribution is 2.24. The maximum Gasteiger partial charge on any atom is 0.301 e. The third-order valence-electron chi connectivity index (χ3n) is 3.60. The molecule has 0 N–H and O–H groups in total. The summed E-state index contributed by atoms with van der Waals surface area (Å²) in [5.74, 6) is 0.183. The number of fused-ring (bicyclic) bond motifs is 1. The molecule has 0 bridgehead atoms. The van der Waals surface area contributed by atoms with Gasteiger partial charge in [-0.2, -0.15) is 4.99 Å². The summed E-state index contributed by atoms with van der Waals surface area (Å²) in [6.07, 6.45) is 2.04. The topological polar surface area (TPSA) is 69.6 Å². The van der Waals surface area contributed by atoms with Crippen molar-refractivity contribution in [2.75, 3.05) is 19.5 Å². The van der Waals surface area contributed by atoms with Crippen LogP contribution in [0, 0.1) is 6.92 Å². The number of hydrogen-bond acceptors (Lipinski definition) is 6. The Kier molecular flexibility index (Phi) is 5.72. The van der Waals surface area contributed by atoms with Gasteiger partial charge in [0.2, 0.25) is 0 Å². The lowest BCUT2D eigenvalue weighted by molar-refractivity contribution is 0.0988. The van der Waals surface area contributed by atoms with E-state index >= 15 is 0 Å². The van der Waals surface area contributed by atoms with Gasteiger partial charge in [0.25, 0.3) is 0 Å². The van der Waals surface area contributed by atoms with E-state index in [0.717, 1.165) is 10.2 Å². The molecule has 0 aliphatic heterocycles. The molecule has 3 rings (SSSR count). The van der Waals surface area contributed by atoms with Gasteiger partial charge in [0.05, 0.1) is 16.8 Å². The molecule has 1 amide bonds. The molecule has 0 unspecified atom stereocenters. The summed E-state index contributed by atoms with van der Waals surface area (Å²) in [4.78, 5) is 18.5. The van der Waals surface area contributed by atoms with Gasteiger partial charge in [0.1, 0.15) is 5.76 Å². The zero-order chi connectivity index (χ0) is 17.8. The summed E-state index contributed by atoms with van der Waals surface area (Å²) in [6.45, 7) is 5.56. The number of benzene rings is 1. The summed E-state index contributed by atoms with van der Waals surface area (Å²) in [5.41, 5.74) is 1.27. The Balaban J connectivity index is 2.06. The minimum atomic E-state index is -0.404. The van der Waals surface area contributed by atoms with Crippen LogP contribution in [0.15, 0.2) is 38.7 Å². The molecular weight excluding hydrogens is 358 g/mol. The highest BCUT2D eigenvalue weighted by molar-refractivity contribution is 7.98. The van der Waals surface area contributed by atoms with E-state index in [1.165, 1.54) is 16.2 Å². The van der Waals surface area contributed by atoms with Crippen molar-refractivity contribution < 1.29 is 14.1 Å². The largest absolute Gasteiger partial charge is 0.380 e. The second-order valence-electron chi connectivity index (χ2n) is 5.31. The zero-order valence-corrected chi connectivity index (χ0v) is 15.9. The zero-order valence-electron chi connectivity index (χ0n) is 14.3. The lowest BCUT2D eigenvalue weighted by Crippen LogP contribution is -2.19. The molecule has 2 heterocycles. The molecular formula is C17H19N3O3S2. The van der Waals surface area contributed by atoms with Gasteiger partial charge in [0, 0.05) is 24.1 Å². The lowest BCUT2D eigenvalue weighted by Gasteiger charge is -2.05. The number of amides is 1. The molecule has 1 aromatic carbocycles. The number of hydrogen-bond donors (Lipinski definition) is 0. The maximum atomic E-state index is 12.4. The summed E-state index contributed by atoms with van der Waals surface area (Å²) in [5, 5.41) is 3.75. The minimum absolute atomic E-state index is 0.219. The number of aryl methyl sites for hydroxylation is 1. The molecule has 25 heavy (non-hydrogen) atoms. The fourth-order valence-corrected chi connectivity index (χ4v) is 4.00. The number of aromatic nitrogens is 2. The van der Waals surface area contributed by atoms with Crippen molar-refractivity contribution in [1.29, 1.82) is 0 Å². The quantitative estimate of drug-likeness (QED) is 0.486. The van der Waals surface area contributed by atoms with E-state index < -0.39 is 5.91 Å². The second-order valence-corrected chi connectivity index (χ2v) is 7.20. The van der Waals surface area contributed by atoms with Crippen LogP contribution < -0.4 is 4.80 Å². The van der Waals surface area contributed by atoms with Gasteiger partial charge >= 0.3 is 5.91 Å². The van der Waals surface area contributed by atoms with E-state index in [0.29, 0.717) is 30.3 Å². The first-order valence-corrected chi connectivity index (χ1v) is 9.94. The van der Waals surface area contributed by atoms with Crippen LogP contribution in [0.2, 0.25) is 0 Å². The third-order valence-corrected chi connectivity index (χ3v) is 5.36. The van der Waals surface area contributed by atoms with Crippen molar-refractivity contribution in [1.82, 2.24) is 9.72 Å². The molecule has 6 nitrogen and oxygen atoms in total. The van der Waals surface area contributed by atoms with Crippen LogP contribution in [0.4, 0.5) is 0 Å². The average molecular weight is 377 g/mol. The molecule has 0 fully saturated rings. The van der Waals surface area contributed by atoms with Gasteiger partial charge in [0.15, 0.2) is 10.5 Å². The number of nitrogens with zero attached hydrogens (tertiary/aromatic N) is 3. The summed E-state index contributed by atoms with van der Waals surface area (Å²) in [6, 6.07) is 7.85. The smallest absolute Gasteiger partial charge is 0.301 e. The SMILES string of the molecule is CCOCCn1c(=NC(=O)c2cc(C)on2)sc2cc(SC)ccc21. The Morgan fingerprint density at radius 2 is 2.28 bits per heavy atom. The lowest BCUT2D eigenvalue weighted by atomic mass is 10.3. The van der Waals surface area contributed by atoms with Gasteiger partial charge in [-0.1, -0.05) is 16.5 Å². The molecule has 132 valence electrons. The molecule has 3 aromatic rings. The van der Waals surface area contributed by atoms with Crippen molar-refractivity contribution in [2.45, 2.75) is 25.3 Å². The van der Waals surface area contributed by atoms with E-state index in [-0.39, 0.29) is 5.69 Å². The van der Waals surface area contributed by atoms with Crippen molar-refractivity contribution in [3.63, 3.8) is 0 Å². The number of carbonyl (C=O) groups is 1. The number of ether oxygens (including phenoxy) is 1. The monoisotopic (exact) mass is 377 g/mol. The predicted octanol–water partition coefficient (Wildman–Crippen LogP) is 3.50. The van der Waals surface area contributed by atoms with Crippen molar-refractivity contribution in [3.05, 3.63) is 40.5 Å². The van der Waals surface area contributed by atoms with Crippen LogP contribution in [-0.4, -0.2) is 35.1 Å². The molecule has 2 aromatic heterocycles. The van der Waals surface area contributed by atoms with E-state index in [1.54, 1.807) is 24.8 Å². The Morgan fingerprint density at radius 1 is 1.44 bits per heavy atom.